The fraction of sp³-hybridized carbons (Fsp3) is 0.533. The highest BCUT2D eigenvalue weighted by atomic mass is 32.2. The smallest absolute Gasteiger partial charge is 0.229 e. The minimum Gasteiger partial charge on any atom is -0.352 e. The summed E-state index contributed by atoms with van der Waals surface area (Å²) in [5, 5.41) is 1.72. The minimum atomic E-state index is -3.38. The average Bonchev–Trinajstić information content (AvgIpc) is 2.93. The minimum absolute atomic E-state index is 0.544. The third-order valence-electron chi connectivity index (χ3n) is 4.07. The molecule has 0 aliphatic carbocycles. The molecule has 0 aromatic carbocycles. The number of sulfonamides is 1. The Morgan fingerprint density at radius 2 is 2.17 bits per heavy atom. The van der Waals surface area contributed by atoms with Gasteiger partial charge in [0.2, 0.25) is 10.0 Å². The Balaban J connectivity index is 2.06. The number of aliphatic imine (C=N–C) groups is 1. The lowest BCUT2D eigenvalue weighted by atomic mass is 10.1. The Kier molecular flexibility index (Phi) is 4.31. The molecule has 0 spiro atoms. The van der Waals surface area contributed by atoms with Crippen LogP contribution in [0.2, 0.25) is 0 Å². The predicted octanol–water partition coefficient (Wildman–Crippen LogP) is 0.767. The van der Waals surface area contributed by atoms with Crippen molar-refractivity contribution in [1.82, 2.24) is 19.6 Å². The Labute approximate surface area is 142 Å². The summed E-state index contributed by atoms with van der Waals surface area (Å²) in [4.78, 5) is 14.2. The summed E-state index contributed by atoms with van der Waals surface area (Å²) in [6, 6.07) is 0. The third-order valence-corrected chi connectivity index (χ3v) is 4.64. The summed E-state index contributed by atoms with van der Waals surface area (Å²) in [5.41, 5.74) is 3.12. The van der Waals surface area contributed by atoms with E-state index in [0.717, 1.165) is 36.3 Å². The summed E-state index contributed by atoms with van der Waals surface area (Å²) in [7, 11) is -1.76. The van der Waals surface area contributed by atoms with Gasteiger partial charge in [0.05, 0.1) is 37.2 Å². The lowest BCUT2D eigenvalue weighted by Gasteiger charge is -2.40. The first-order valence-corrected chi connectivity index (χ1v) is 9.74. The third kappa shape index (κ3) is 3.01. The van der Waals surface area contributed by atoms with Crippen molar-refractivity contribution in [1.29, 1.82) is 0 Å². The van der Waals surface area contributed by atoms with Crippen molar-refractivity contribution in [3.05, 3.63) is 34.7 Å². The van der Waals surface area contributed by atoms with E-state index in [1.165, 1.54) is 0 Å². The summed E-state index contributed by atoms with van der Waals surface area (Å²) in [6.45, 7) is 6.14. The van der Waals surface area contributed by atoms with Gasteiger partial charge in [0.15, 0.2) is 0 Å². The van der Waals surface area contributed by atoms with Crippen LogP contribution in [0.5, 0.6) is 0 Å². The molecule has 9 heteroatoms. The van der Waals surface area contributed by atoms with Crippen molar-refractivity contribution >= 4 is 16.2 Å². The molecular formula is C15H23N5O3S. The van der Waals surface area contributed by atoms with Crippen LogP contribution in [0.4, 0.5) is 0 Å². The van der Waals surface area contributed by atoms with Crippen LogP contribution >= 0.6 is 0 Å². The number of hydrogen-bond acceptors (Lipinski definition) is 7. The number of nitrogens with zero attached hydrogens (tertiary/aromatic N) is 4. The van der Waals surface area contributed by atoms with Crippen LogP contribution in [0.15, 0.2) is 39.7 Å². The van der Waals surface area contributed by atoms with Gasteiger partial charge in [-0.3, -0.25) is 9.56 Å². The highest BCUT2D eigenvalue weighted by molar-refractivity contribution is 7.88. The van der Waals surface area contributed by atoms with Crippen molar-refractivity contribution in [2.45, 2.75) is 20.3 Å². The van der Waals surface area contributed by atoms with E-state index in [2.05, 4.69) is 26.4 Å². The summed E-state index contributed by atoms with van der Waals surface area (Å²) in [5.74, 6) is 0.918. The SMILES string of the molecule is CCCN1CC(C)=C(NS(C)(=O)=O)C2=C1N1CN(OC)C=C1C=N2. The largest absolute Gasteiger partial charge is 0.352 e. The molecule has 0 radical (unpaired) electrons. The molecule has 0 bridgehead atoms. The van der Waals surface area contributed by atoms with Crippen LogP contribution in [-0.2, 0) is 14.9 Å². The van der Waals surface area contributed by atoms with Crippen LogP contribution in [0.1, 0.15) is 20.3 Å². The maximum atomic E-state index is 11.8. The van der Waals surface area contributed by atoms with Crippen molar-refractivity contribution in [2.75, 3.05) is 33.1 Å². The summed E-state index contributed by atoms with van der Waals surface area (Å²) >= 11 is 0. The number of hydrogen-bond donors (Lipinski definition) is 1. The lowest BCUT2D eigenvalue weighted by molar-refractivity contribution is -0.0971. The zero-order valence-electron chi connectivity index (χ0n) is 14.4. The molecule has 0 fully saturated rings. The second-order valence-electron chi connectivity index (χ2n) is 6.10. The first-order chi connectivity index (χ1) is 11.3. The van der Waals surface area contributed by atoms with Crippen LogP contribution in [0, 0.1) is 0 Å². The van der Waals surface area contributed by atoms with Crippen LogP contribution in [0.3, 0.4) is 0 Å². The Hall–Kier alpha value is -2.00. The van der Waals surface area contributed by atoms with Gasteiger partial charge in [0, 0.05) is 13.1 Å². The molecule has 3 rings (SSSR count). The zero-order valence-corrected chi connectivity index (χ0v) is 15.2. The van der Waals surface area contributed by atoms with E-state index in [0.29, 0.717) is 24.6 Å². The fourth-order valence-corrected chi connectivity index (χ4v) is 3.75. The van der Waals surface area contributed by atoms with Gasteiger partial charge < -0.3 is 9.80 Å². The Bertz CT molecular complexity index is 766. The van der Waals surface area contributed by atoms with Crippen molar-refractivity contribution < 1.29 is 13.3 Å². The summed E-state index contributed by atoms with van der Waals surface area (Å²) < 4.78 is 26.2. The quantitative estimate of drug-likeness (QED) is 0.787. The van der Waals surface area contributed by atoms with E-state index in [1.807, 2.05) is 13.1 Å². The van der Waals surface area contributed by atoms with Crippen molar-refractivity contribution in [2.24, 2.45) is 4.99 Å². The molecule has 0 unspecified atom stereocenters. The molecule has 0 saturated carbocycles. The first-order valence-electron chi connectivity index (χ1n) is 7.85. The molecule has 0 amide bonds. The molecule has 0 aromatic heterocycles. The molecule has 0 saturated heterocycles. The zero-order chi connectivity index (χ0) is 17.5. The van der Waals surface area contributed by atoms with Gasteiger partial charge >= 0.3 is 0 Å². The predicted molar refractivity (Wildman–Crippen MR) is 91.7 cm³/mol. The standard InChI is InChI=1S/C15H23N5O3S/c1-5-6-18-8-11(2)13(17-24(4,21)22)14-15(18)20-10-19(23-3)9-12(20)7-16-14/h7,9,17H,5-6,8,10H2,1-4H3. The Morgan fingerprint density at radius 3 is 2.79 bits per heavy atom. The lowest BCUT2D eigenvalue weighted by Crippen LogP contribution is -2.44. The molecule has 24 heavy (non-hydrogen) atoms. The molecule has 0 atom stereocenters. The van der Waals surface area contributed by atoms with E-state index in [9.17, 15) is 8.42 Å². The van der Waals surface area contributed by atoms with Gasteiger partial charge in [-0.2, -0.15) is 0 Å². The molecule has 3 aliphatic heterocycles. The monoisotopic (exact) mass is 353 g/mol. The molecule has 3 heterocycles. The molecular weight excluding hydrogens is 330 g/mol. The van der Waals surface area contributed by atoms with Crippen molar-refractivity contribution in [3.8, 4) is 0 Å². The van der Waals surface area contributed by atoms with Gasteiger partial charge in [-0.25, -0.2) is 18.5 Å². The van der Waals surface area contributed by atoms with Crippen LogP contribution in [0.25, 0.3) is 0 Å². The van der Waals surface area contributed by atoms with Gasteiger partial charge in [0.1, 0.15) is 18.2 Å². The van der Waals surface area contributed by atoms with Gasteiger partial charge in [0.25, 0.3) is 0 Å². The number of rotatable bonds is 5. The van der Waals surface area contributed by atoms with Gasteiger partial charge in [-0.15, -0.1) is 0 Å². The highest BCUT2D eigenvalue weighted by Crippen LogP contribution is 2.36. The second kappa shape index (κ2) is 6.14. The normalized spacial score (nSPS) is 20.5. The molecule has 8 nitrogen and oxygen atoms in total. The van der Waals surface area contributed by atoms with Crippen LogP contribution < -0.4 is 4.72 Å². The van der Waals surface area contributed by atoms with E-state index in [-0.39, 0.29) is 0 Å². The molecule has 132 valence electrons. The van der Waals surface area contributed by atoms with Crippen molar-refractivity contribution in [3.63, 3.8) is 0 Å². The molecule has 3 aliphatic rings. The maximum Gasteiger partial charge on any atom is 0.229 e. The summed E-state index contributed by atoms with van der Waals surface area (Å²) in [6.07, 6.45) is 5.77. The highest BCUT2D eigenvalue weighted by Gasteiger charge is 2.36. The second-order valence-corrected chi connectivity index (χ2v) is 7.85. The van der Waals surface area contributed by atoms with Gasteiger partial charge in [-0.05, 0) is 18.9 Å². The van der Waals surface area contributed by atoms with E-state index < -0.39 is 10.0 Å². The van der Waals surface area contributed by atoms with E-state index in [4.69, 9.17) is 4.84 Å². The number of fused-ring (bicyclic) bond motifs is 2. The van der Waals surface area contributed by atoms with E-state index in [1.54, 1.807) is 18.4 Å². The number of hydroxylamine groups is 2. The van der Waals surface area contributed by atoms with E-state index >= 15 is 0 Å². The number of nitrogens with one attached hydrogen (secondary N) is 1. The topological polar surface area (TPSA) is 77.5 Å². The number of allylic oxidation sites excluding steroid dienone is 1. The Morgan fingerprint density at radius 1 is 1.42 bits per heavy atom. The molecule has 0 aromatic rings. The fourth-order valence-electron chi connectivity index (χ4n) is 3.11. The average molecular weight is 353 g/mol. The van der Waals surface area contributed by atoms with Gasteiger partial charge in [-0.1, -0.05) is 6.92 Å². The maximum absolute atomic E-state index is 11.8. The van der Waals surface area contributed by atoms with Crippen LogP contribution in [-0.4, -0.2) is 62.6 Å². The molecule has 1 N–H and O–H groups in total. The first kappa shape index (κ1) is 16.8.